The highest BCUT2D eigenvalue weighted by Crippen LogP contribution is 2.28. The van der Waals surface area contributed by atoms with Gasteiger partial charge in [-0.25, -0.2) is 5.43 Å². The van der Waals surface area contributed by atoms with Gasteiger partial charge in [-0.2, -0.15) is 5.10 Å². The Hall–Kier alpha value is -3.94. The predicted octanol–water partition coefficient (Wildman–Crippen LogP) is 6.37. The Bertz CT molecular complexity index is 1550. The summed E-state index contributed by atoms with van der Waals surface area (Å²) in [5, 5.41) is 16.6. The normalized spacial score (nSPS) is 11.6. The van der Waals surface area contributed by atoms with E-state index in [-0.39, 0.29) is 11.7 Å². The van der Waals surface area contributed by atoms with Gasteiger partial charge in [-0.05, 0) is 65.7 Å². The molecule has 0 spiro atoms. The van der Waals surface area contributed by atoms with Gasteiger partial charge in [-0.15, -0.1) is 10.2 Å². The lowest BCUT2D eigenvalue weighted by atomic mass is 10.0. The molecule has 1 N–H and O–H groups in total. The van der Waals surface area contributed by atoms with Gasteiger partial charge >= 0.3 is 0 Å². The highest BCUT2D eigenvalue weighted by atomic mass is 35.5. The van der Waals surface area contributed by atoms with Crippen LogP contribution in [0, 0.1) is 0 Å². The quantitative estimate of drug-likeness (QED) is 0.156. The molecule has 0 fully saturated rings. The van der Waals surface area contributed by atoms with Gasteiger partial charge in [-0.3, -0.25) is 9.36 Å². The van der Waals surface area contributed by atoms with Crippen LogP contribution >= 0.6 is 23.4 Å². The monoisotopic (exact) mass is 511 g/mol. The van der Waals surface area contributed by atoms with Crippen molar-refractivity contribution in [2.75, 3.05) is 5.75 Å². The second-order valence-electron chi connectivity index (χ2n) is 8.07. The van der Waals surface area contributed by atoms with Crippen molar-refractivity contribution in [1.82, 2.24) is 20.2 Å². The summed E-state index contributed by atoms with van der Waals surface area (Å²) >= 11 is 7.36. The number of aromatic nitrogens is 3. The summed E-state index contributed by atoms with van der Waals surface area (Å²) in [6.07, 6.45) is 0. The third kappa shape index (κ3) is 5.32. The number of nitrogens with one attached hydrogen (secondary N) is 1. The van der Waals surface area contributed by atoms with Crippen molar-refractivity contribution in [2.45, 2.75) is 12.1 Å². The molecule has 0 aliphatic rings. The molecule has 5 aromatic rings. The second kappa shape index (κ2) is 10.8. The molecule has 1 amide bonds. The minimum Gasteiger partial charge on any atom is -0.272 e. The summed E-state index contributed by atoms with van der Waals surface area (Å²) in [6, 6.07) is 31.5. The minimum absolute atomic E-state index is 0.139. The summed E-state index contributed by atoms with van der Waals surface area (Å²) < 4.78 is 1.94. The van der Waals surface area contributed by atoms with Crippen LogP contribution in [0.25, 0.3) is 27.8 Å². The molecule has 0 unspecified atom stereocenters. The highest BCUT2D eigenvalue weighted by Gasteiger charge is 2.17. The molecule has 0 radical (unpaired) electrons. The van der Waals surface area contributed by atoms with Gasteiger partial charge in [0.25, 0.3) is 5.91 Å². The number of nitrogens with zero attached hydrogens (tertiary/aromatic N) is 4. The summed E-state index contributed by atoms with van der Waals surface area (Å²) in [5.41, 5.74) is 6.13. The average molecular weight is 512 g/mol. The van der Waals surface area contributed by atoms with Crippen molar-refractivity contribution in [3.63, 3.8) is 0 Å². The molecule has 0 saturated carbocycles. The van der Waals surface area contributed by atoms with E-state index in [1.807, 2.05) is 84.3 Å². The Morgan fingerprint density at radius 1 is 0.917 bits per heavy atom. The number of halogens is 1. The molecule has 1 heterocycles. The van der Waals surface area contributed by atoms with Crippen molar-refractivity contribution in [3.05, 3.63) is 108 Å². The number of para-hydroxylation sites is 1. The van der Waals surface area contributed by atoms with Crippen LogP contribution in [-0.2, 0) is 4.79 Å². The van der Waals surface area contributed by atoms with E-state index in [1.165, 1.54) is 11.8 Å². The zero-order valence-corrected chi connectivity index (χ0v) is 21.0. The number of carbonyl (C=O) groups is 1. The first-order chi connectivity index (χ1) is 17.6. The van der Waals surface area contributed by atoms with Gasteiger partial charge in [0, 0.05) is 16.3 Å². The van der Waals surface area contributed by atoms with Crippen LogP contribution in [0.5, 0.6) is 0 Å². The Balaban J connectivity index is 1.31. The Morgan fingerprint density at radius 2 is 1.64 bits per heavy atom. The second-order valence-corrected chi connectivity index (χ2v) is 9.45. The van der Waals surface area contributed by atoms with Gasteiger partial charge < -0.3 is 0 Å². The lowest BCUT2D eigenvalue weighted by Crippen LogP contribution is -2.21. The lowest BCUT2D eigenvalue weighted by Gasteiger charge is -2.10. The molecule has 4 aromatic carbocycles. The largest absolute Gasteiger partial charge is 0.272 e. The molecule has 0 saturated heterocycles. The van der Waals surface area contributed by atoms with E-state index in [1.54, 1.807) is 0 Å². The topological polar surface area (TPSA) is 72.2 Å². The Labute approximate surface area is 218 Å². The number of thioether (sulfide) groups is 1. The van der Waals surface area contributed by atoms with E-state index in [2.05, 4.69) is 45.0 Å². The molecule has 0 aliphatic carbocycles. The van der Waals surface area contributed by atoms with Crippen molar-refractivity contribution in [2.24, 2.45) is 5.10 Å². The molecular weight excluding hydrogens is 490 g/mol. The van der Waals surface area contributed by atoms with Crippen molar-refractivity contribution in [1.29, 1.82) is 0 Å². The molecule has 6 nitrogen and oxygen atoms in total. The molecular formula is C28H22ClN5OS. The maximum absolute atomic E-state index is 12.6. The van der Waals surface area contributed by atoms with Gasteiger partial charge in [0.2, 0.25) is 0 Å². The fourth-order valence-electron chi connectivity index (χ4n) is 3.75. The summed E-state index contributed by atoms with van der Waals surface area (Å²) in [7, 11) is 0. The minimum atomic E-state index is -0.226. The molecule has 0 aliphatic heterocycles. The van der Waals surface area contributed by atoms with Crippen LogP contribution in [0.4, 0.5) is 0 Å². The molecule has 36 heavy (non-hydrogen) atoms. The van der Waals surface area contributed by atoms with E-state index >= 15 is 0 Å². The summed E-state index contributed by atoms with van der Waals surface area (Å²) in [5.74, 6) is 0.585. The van der Waals surface area contributed by atoms with Gasteiger partial charge in [-0.1, -0.05) is 78.0 Å². The van der Waals surface area contributed by atoms with Crippen molar-refractivity contribution in [3.8, 4) is 17.1 Å². The fourth-order valence-corrected chi connectivity index (χ4v) is 4.62. The molecule has 5 rings (SSSR count). The van der Waals surface area contributed by atoms with Crippen LogP contribution < -0.4 is 5.43 Å². The summed E-state index contributed by atoms with van der Waals surface area (Å²) in [4.78, 5) is 12.6. The van der Waals surface area contributed by atoms with E-state index in [9.17, 15) is 4.79 Å². The van der Waals surface area contributed by atoms with Crippen LogP contribution in [0.2, 0.25) is 5.02 Å². The van der Waals surface area contributed by atoms with Crippen LogP contribution in [0.15, 0.2) is 107 Å². The number of hydrogen-bond acceptors (Lipinski definition) is 5. The van der Waals surface area contributed by atoms with Crippen molar-refractivity contribution < 1.29 is 4.79 Å². The molecule has 8 heteroatoms. The standard InChI is InChI=1S/C28H22ClN5OS/c1-19(22-12-11-20-7-5-6-8-23(20)17-22)30-31-26(35)18-36-28-33-32-27(21-13-15-24(29)16-14-21)34(28)25-9-3-2-4-10-25/h2-17H,18H2,1H3,(H,31,35)/b30-19+. The zero-order valence-electron chi connectivity index (χ0n) is 19.4. The number of carbonyl (C=O) groups excluding carboxylic acids is 1. The van der Waals surface area contributed by atoms with Gasteiger partial charge in [0.15, 0.2) is 11.0 Å². The molecule has 1 aromatic heterocycles. The summed E-state index contributed by atoms with van der Waals surface area (Å²) in [6.45, 7) is 1.88. The van der Waals surface area contributed by atoms with Crippen LogP contribution in [-0.4, -0.2) is 32.1 Å². The van der Waals surface area contributed by atoms with Gasteiger partial charge in [0.1, 0.15) is 0 Å². The number of fused-ring (bicyclic) bond motifs is 1. The van der Waals surface area contributed by atoms with Crippen LogP contribution in [0.1, 0.15) is 12.5 Å². The maximum Gasteiger partial charge on any atom is 0.250 e. The number of hydrogen-bond donors (Lipinski definition) is 1. The smallest absolute Gasteiger partial charge is 0.250 e. The van der Waals surface area contributed by atoms with E-state index in [0.29, 0.717) is 16.0 Å². The number of amides is 1. The van der Waals surface area contributed by atoms with Crippen LogP contribution in [0.3, 0.4) is 0 Å². The first-order valence-electron chi connectivity index (χ1n) is 11.3. The maximum atomic E-state index is 12.6. The number of hydrazone groups is 1. The Morgan fingerprint density at radius 3 is 2.42 bits per heavy atom. The SMILES string of the molecule is C/C(=N\NC(=O)CSc1nnc(-c2ccc(Cl)cc2)n1-c1ccccc1)c1ccc2ccccc2c1. The lowest BCUT2D eigenvalue weighted by molar-refractivity contribution is -0.118. The van der Waals surface area contributed by atoms with E-state index in [4.69, 9.17) is 11.6 Å². The third-order valence-electron chi connectivity index (χ3n) is 5.60. The average Bonchev–Trinajstić information content (AvgIpc) is 3.35. The zero-order chi connectivity index (χ0) is 24.9. The number of rotatable bonds is 7. The van der Waals surface area contributed by atoms with E-state index < -0.39 is 0 Å². The molecule has 0 atom stereocenters. The highest BCUT2D eigenvalue weighted by molar-refractivity contribution is 7.99. The van der Waals surface area contributed by atoms with E-state index in [0.717, 1.165) is 33.3 Å². The predicted molar refractivity (Wildman–Crippen MR) is 147 cm³/mol. The Kier molecular flexibility index (Phi) is 7.11. The van der Waals surface area contributed by atoms with Gasteiger partial charge in [0.05, 0.1) is 11.5 Å². The first-order valence-corrected chi connectivity index (χ1v) is 12.7. The first kappa shape index (κ1) is 23.8. The third-order valence-corrected chi connectivity index (χ3v) is 6.78. The fraction of sp³-hybridized carbons (Fsp3) is 0.0714. The molecule has 178 valence electrons. The van der Waals surface area contributed by atoms with Crippen molar-refractivity contribution >= 4 is 45.8 Å². The molecule has 0 bridgehead atoms. The number of benzene rings is 4.